The Morgan fingerprint density at radius 1 is 1.11 bits per heavy atom. The molecule has 0 atom stereocenters. The van der Waals surface area contributed by atoms with Crippen molar-refractivity contribution in [2.45, 2.75) is 32.7 Å². The molecule has 1 aromatic rings. The molecular weight excluding hydrogens is 244 g/mol. The lowest BCUT2D eigenvalue weighted by Crippen LogP contribution is -2.19. The molecular formula is C15H25ClN2. The predicted octanol–water partition coefficient (Wildman–Crippen LogP) is 3.55. The van der Waals surface area contributed by atoms with Crippen LogP contribution >= 0.6 is 11.6 Å². The normalized spacial score (nSPS) is 11.1. The summed E-state index contributed by atoms with van der Waals surface area (Å²) < 4.78 is 0. The molecule has 0 aliphatic rings. The maximum atomic E-state index is 5.87. The quantitative estimate of drug-likeness (QED) is 0.689. The Morgan fingerprint density at radius 3 is 2.50 bits per heavy atom. The van der Waals surface area contributed by atoms with Crippen molar-refractivity contribution >= 4 is 11.6 Å². The van der Waals surface area contributed by atoms with Crippen LogP contribution in [0.2, 0.25) is 5.02 Å². The van der Waals surface area contributed by atoms with Gasteiger partial charge >= 0.3 is 0 Å². The van der Waals surface area contributed by atoms with Gasteiger partial charge in [-0.25, -0.2) is 0 Å². The highest BCUT2D eigenvalue weighted by atomic mass is 35.5. The monoisotopic (exact) mass is 268 g/mol. The SMILES string of the molecule is CCNCCCCCN(C)Cc1ccc(Cl)cc1. The van der Waals surface area contributed by atoms with Crippen LogP contribution in [0.4, 0.5) is 0 Å². The molecule has 102 valence electrons. The Balaban J connectivity index is 2.10. The summed E-state index contributed by atoms with van der Waals surface area (Å²) in [6, 6.07) is 8.12. The number of hydrogen-bond acceptors (Lipinski definition) is 2. The van der Waals surface area contributed by atoms with Crippen molar-refractivity contribution in [3.05, 3.63) is 34.9 Å². The molecule has 18 heavy (non-hydrogen) atoms. The molecule has 0 aliphatic heterocycles. The van der Waals surface area contributed by atoms with Gasteiger partial charge in [0.15, 0.2) is 0 Å². The molecule has 2 nitrogen and oxygen atoms in total. The minimum Gasteiger partial charge on any atom is -0.317 e. The summed E-state index contributed by atoms with van der Waals surface area (Å²) in [5.74, 6) is 0. The Bertz CT molecular complexity index is 311. The van der Waals surface area contributed by atoms with E-state index in [1.807, 2.05) is 12.1 Å². The Labute approximate surface area is 116 Å². The van der Waals surface area contributed by atoms with Gasteiger partial charge in [-0.2, -0.15) is 0 Å². The molecule has 0 aliphatic carbocycles. The lowest BCUT2D eigenvalue weighted by atomic mass is 10.2. The van der Waals surface area contributed by atoms with Crippen LogP contribution in [0.5, 0.6) is 0 Å². The Kier molecular flexibility index (Phi) is 8.06. The summed E-state index contributed by atoms with van der Waals surface area (Å²) in [7, 11) is 2.18. The van der Waals surface area contributed by atoms with Crippen LogP contribution in [0, 0.1) is 0 Å². The Hall–Kier alpha value is -0.570. The van der Waals surface area contributed by atoms with Gasteiger partial charge in [0.25, 0.3) is 0 Å². The fraction of sp³-hybridized carbons (Fsp3) is 0.600. The molecule has 0 bridgehead atoms. The van der Waals surface area contributed by atoms with Crippen LogP contribution in [-0.2, 0) is 6.54 Å². The summed E-state index contributed by atoms with van der Waals surface area (Å²) in [5.41, 5.74) is 1.33. The second-order valence-corrected chi connectivity index (χ2v) is 5.21. The molecule has 0 amide bonds. The van der Waals surface area contributed by atoms with E-state index >= 15 is 0 Å². The summed E-state index contributed by atoms with van der Waals surface area (Å²) in [6.45, 7) is 6.55. The van der Waals surface area contributed by atoms with Crippen molar-refractivity contribution in [2.24, 2.45) is 0 Å². The van der Waals surface area contributed by atoms with Gasteiger partial charge in [0.1, 0.15) is 0 Å². The zero-order valence-corrected chi connectivity index (χ0v) is 12.3. The molecule has 0 unspecified atom stereocenters. The fourth-order valence-electron chi connectivity index (χ4n) is 1.97. The van der Waals surface area contributed by atoms with Crippen molar-refractivity contribution in [2.75, 3.05) is 26.7 Å². The van der Waals surface area contributed by atoms with E-state index in [2.05, 4.69) is 36.3 Å². The largest absolute Gasteiger partial charge is 0.317 e. The standard InChI is InChI=1S/C15H25ClN2/c1-3-17-11-5-4-6-12-18(2)13-14-7-9-15(16)10-8-14/h7-10,17H,3-6,11-13H2,1-2H3. The maximum absolute atomic E-state index is 5.87. The highest BCUT2D eigenvalue weighted by molar-refractivity contribution is 6.30. The minimum atomic E-state index is 0.810. The fourth-order valence-corrected chi connectivity index (χ4v) is 2.09. The molecule has 0 saturated carbocycles. The summed E-state index contributed by atoms with van der Waals surface area (Å²) in [6.07, 6.45) is 3.86. The van der Waals surface area contributed by atoms with Crippen LogP contribution < -0.4 is 5.32 Å². The third kappa shape index (κ3) is 7.00. The first kappa shape index (κ1) is 15.5. The van der Waals surface area contributed by atoms with E-state index in [1.54, 1.807) is 0 Å². The van der Waals surface area contributed by atoms with E-state index in [4.69, 9.17) is 11.6 Å². The third-order valence-electron chi connectivity index (χ3n) is 3.01. The van der Waals surface area contributed by atoms with E-state index in [1.165, 1.54) is 24.8 Å². The maximum Gasteiger partial charge on any atom is 0.0406 e. The molecule has 0 saturated heterocycles. The first-order valence-corrected chi connectivity index (χ1v) is 7.24. The number of unbranched alkanes of at least 4 members (excludes halogenated alkanes) is 2. The topological polar surface area (TPSA) is 15.3 Å². The number of rotatable bonds is 9. The van der Waals surface area contributed by atoms with Crippen molar-refractivity contribution in [3.63, 3.8) is 0 Å². The van der Waals surface area contributed by atoms with E-state index in [9.17, 15) is 0 Å². The smallest absolute Gasteiger partial charge is 0.0406 e. The van der Waals surface area contributed by atoms with E-state index in [-0.39, 0.29) is 0 Å². The van der Waals surface area contributed by atoms with Gasteiger partial charge in [0.2, 0.25) is 0 Å². The van der Waals surface area contributed by atoms with Crippen LogP contribution in [0.1, 0.15) is 31.7 Å². The predicted molar refractivity (Wildman–Crippen MR) is 80.2 cm³/mol. The zero-order chi connectivity index (χ0) is 13.2. The molecule has 0 heterocycles. The highest BCUT2D eigenvalue weighted by Crippen LogP contribution is 2.11. The van der Waals surface area contributed by atoms with Crippen LogP contribution in [-0.4, -0.2) is 31.6 Å². The lowest BCUT2D eigenvalue weighted by Gasteiger charge is -2.16. The Morgan fingerprint density at radius 2 is 1.83 bits per heavy atom. The van der Waals surface area contributed by atoms with Crippen molar-refractivity contribution in [1.82, 2.24) is 10.2 Å². The van der Waals surface area contributed by atoms with Crippen LogP contribution in [0.3, 0.4) is 0 Å². The molecule has 0 radical (unpaired) electrons. The number of halogens is 1. The second-order valence-electron chi connectivity index (χ2n) is 4.78. The lowest BCUT2D eigenvalue weighted by molar-refractivity contribution is 0.317. The van der Waals surface area contributed by atoms with E-state index in [0.717, 1.165) is 31.2 Å². The summed E-state index contributed by atoms with van der Waals surface area (Å²) in [5, 5.41) is 4.17. The number of benzene rings is 1. The van der Waals surface area contributed by atoms with Gasteiger partial charge in [-0.3, -0.25) is 0 Å². The van der Waals surface area contributed by atoms with Gasteiger partial charge in [0.05, 0.1) is 0 Å². The molecule has 1 aromatic carbocycles. The zero-order valence-electron chi connectivity index (χ0n) is 11.6. The second kappa shape index (κ2) is 9.37. The van der Waals surface area contributed by atoms with Gasteiger partial charge in [-0.1, -0.05) is 37.1 Å². The van der Waals surface area contributed by atoms with Crippen molar-refractivity contribution in [1.29, 1.82) is 0 Å². The molecule has 3 heteroatoms. The molecule has 0 spiro atoms. The molecule has 0 aromatic heterocycles. The van der Waals surface area contributed by atoms with Crippen molar-refractivity contribution in [3.8, 4) is 0 Å². The number of hydrogen-bond donors (Lipinski definition) is 1. The number of nitrogens with one attached hydrogen (secondary N) is 1. The molecule has 0 fully saturated rings. The van der Waals surface area contributed by atoms with Gasteiger partial charge in [-0.15, -0.1) is 0 Å². The van der Waals surface area contributed by atoms with Crippen LogP contribution in [0.15, 0.2) is 24.3 Å². The first-order valence-electron chi connectivity index (χ1n) is 6.86. The summed E-state index contributed by atoms with van der Waals surface area (Å²) in [4.78, 5) is 2.37. The van der Waals surface area contributed by atoms with Gasteiger partial charge < -0.3 is 10.2 Å². The molecule has 1 rings (SSSR count). The minimum absolute atomic E-state index is 0.810. The van der Waals surface area contributed by atoms with Gasteiger partial charge in [-0.05, 0) is 57.2 Å². The average molecular weight is 269 g/mol. The van der Waals surface area contributed by atoms with Gasteiger partial charge in [0, 0.05) is 11.6 Å². The first-order chi connectivity index (χ1) is 8.72. The van der Waals surface area contributed by atoms with E-state index in [0.29, 0.717) is 0 Å². The van der Waals surface area contributed by atoms with Crippen LogP contribution in [0.25, 0.3) is 0 Å². The number of nitrogens with zero attached hydrogens (tertiary/aromatic N) is 1. The summed E-state index contributed by atoms with van der Waals surface area (Å²) >= 11 is 5.87. The van der Waals surface area contributed by atoms with E-state index < -0.39 is 0 Å². The van der Waals surface area contributed by atoms with Crippen molar-refractivity contribution < 1.29 is 0 Å². The third-order valence-corrected chi connectivity index (χ3v) is 3.26. The molecule has 1 N–H and O–H groups in total. The highest BCUT2D eigenvalue weighted by Gasteiger charge is 2.00. The average Bonchev–Trinajstić information content (AvgIpc) is 2.36.